The van der Waals surface area contributed by atoms with E-state index in [1.54, 1.807) is 0 Å². The average Bonchev–Trinajstić information content (AvgIpc) is 3.16. The van der Waals surface area contributed by atoms with Gasteiger partial charge in [0.05, 0.1) is 12.1 Å². The summed E-state index contributed by atoms with van der Waals surface area (Å²) in [5, 5.41) is 15.3. The van der Waals surface area contributed by atoms with Gasteiger partial charge in [-0.3, -0.25) is 15.0 Å². The number of aromatic nitrogens is 4. The molecule has 8 heteroatoms. The van der Waals surface area contributed by atoms with Gasteiger partial charge in [-0.05, 0) is 44.7 Å². The molecule has 5 heterocycles. The fourth-order valence-electron chi connectivity index (χ4n) is 5.18. The number of fused-ring (bicyclic) bond motifs is 3. The van der Waals surface area contributed by atoms with Gasteiger partial charge in [-0.15, -0.1) is 0 Å². The summed E-state index contributed by atoms with van der Waals surface area (Å²) in [6, 6.07) is 9.45. The molecule has 3 atom stereocenters. The topological polar surface area (TPSA) is 86.1 Å². The Morgan fingerprint density at radius 1 is 1.23 bits per heavy atom. The van der Waals surface area contributed by atoms with Crippen LogP contribution < -0.4 is 10.6 Å². The minimum atomic E-state index is 0.373. The van der Waals surface area contributed by atoms with Crippen molar-refractivity contribution in [3.8, 4) is 0 Å². The van der Waals surface area contributed by atoms with Crippen LogP contribution >= 0.6 is 0 Å². The number of piperidine rings is 2. The normalized spacial score (nSPS) is 23.4. The van der Waals surface area contributed by atoms with Crippen molar-refractivity contribution in [2.75, 3.05) is 23.7 Å². The zero-order valence-corrected chi connectivity index (χ0v) is 17.8. The van der Waals surface area contributed by atoms with E-state index in [1.807, 2.05) is 31.3 Å². The molecule has 1 unspecified atom stereocenters. The molecule has 0 aromatic carbocycles. The van der Waals surface area contributed by atoms with Crippen LogP contribution in [-0.4, -0.2) is 56.3 Å². The fraction of sp³-hybridized carbons (Fsp3) is 0.478. The van der Waals surface area contributed by atoms with Crippen molar-refractivity contribution in [1.82, 2.24) is 25.1 Å². The highest BCUT2D eigenvalue weighted by Crippen LogP contribution is 2.36. The Morgan fingerprint density at radius 2 is 2.06 bits per heavy atom. The molecule has 0 amide bonds. The summed E-state index contributed by atoms with van der Waals surface area (Å²) in [7, 11) is 0. The number of hydrogen-bond acceptors (Lipinski definition) is 6. The highest BCUT2D eigenvalue weighted by Gasteiger charge is 2.38. The Bertz CT molecular complexity index is 1090. The first-order valence-electron chi connectivity index (χ1n) is 11.1. The van der Waals surface area contributed by atoms with Crippen LogP contribution in [0.1, 0.15) is 37.8 Å². The largest absolute Gasteiger partial charge is 0.367 e. The lowest BCUT2D eigenvalue weighted by molar-refractivity contribution is 0.0395. The number of nitrogens with zero attached hydrogens (tertiary/aromatic N) is 5. The highest BCUT2D eigenvalue weighted by atomic mass is 15.2. The van der Waals surface area contributed by atoms with Crippen molar-refractivity contribution in [3.63, 3.8) is 0 Å². The maximum Gasteiger partial charge on any atom is 0.227 e. The van der Waals surface area contributed by atoms with E-state index in [0.717, 1.165) is 53.4 Å². The number of anilines is 3. The van der Waals surface area contributed by atoms with Crippen molar-refractivity contribution < 1.29 is 0 Å². The van der Waals surface area contributed by atoms with Crippen LogP contribution in [0.3, 0.4) is 0 Å². The third-order valence-corrected chi connectivity index (χ3v) is 6.50. The summed E-state index contributed by atoms with van der Waals surface area (Å²) in [5.41, 5.74) is 1.90. The summed E-state index contributed by atoms with van der Waals surface area (Å²) in [4.78, 5) is 15.6. The lowest BCUT2D eigenvalue weighted by atomic mass is 9.81. The Labute approximate surface area is 182 Å². The Hall–Kier alpha value is -3.18. The van der Waals surface area contributed by atoms with Gasteiger partial charge in [0.25, 0.3) is 0 Å². The van der Waals surface area contributed by atoms with Gasteiger partial charge in [-0.2, -0.15) is 5.10 Å². The summed E-state index contributed by atoms with van der Waals surface area (Å²) in [6.07, 6.45) is 7.74. The summed E-state index contributed by atoms with van der Waals surface area (Å²) in [6.45, 7) is 10.6. The Morgan fingerprint density at radius 3 is 2.81 bits per heavy atom. The second kappa shape index (κ2) is 8.52. The van der Waals surface area contributed by atoms with Crippen molar-refractivity contribution >= 4 is 28.4 Å². The molecule has 3 N–H and O–H groups in total. The number of aromatic amines is 1. The van der Waals surface area contributed by atoms with Crippen LogP contribution in [0.5, 0.6) is 0 Å². The third kappa shape index (κ3) is 4.19. The van der Waals surface area contributed by atoms with E-state index in [9.17, 15) is 0 Å². The monoisotopic (exact) mass is 416 g/mol. The zero-order chi connectivity index (χ0) is 21.2. The molecule has 0 aliphatic carbocycles. The van der Waals surface area contributed by atoms with Crippen LogP contribution in [0.25, 0.3) is 15.7 Å². The van der Waals surface area contributed by atoms with Crippen LogP contribution in [0.4, 0.5) is 17.5 Å². The zero-order valence-electron chi connectivity index (χ0n) is 17.8. The van der Waals surface area contributed by atoms with Gasteiger partial charge in [-0.25, -0.2) is 11.6 Å². The Kier molecular flexibility index (Phi) is 5.43. The van der Waals surface area contributed by atoms with E-state index in [0.29, 0.717) is 24.7 Å². The molecular formula is C23H28N8. The predicted molar refractivity (Wildman–Crippen MR) is 122 cm³/mol. The number of nitrogens with one attached hydrogen (secondary N) is 3. The van der Waals surface area contributed by atoms with Crippen LogP contribution in [0.2, 0.25) is 0 Å². The van der Waals surface area contributed by atoms with E-state index < -0.39 is 0 Å². The molecule has 2 fully saturated rings. The molecule has 5 rings (SSSR count). The smallest absolute Gasteiger partial charge is 0.227 e. The van der Waals surface area contributed by atoms with E-state index in [1.165, 1.54) is 19.3 Å². The summed E-state index contributed by atoms with van der Waals surface area (Å²) in [5.74, 6) is 2.35. The second-order valence-electron chi connectivity index (χ2n) is 8.66. The summed E-state index contributed by atoms with van der Waals surface area (Å²) >= 11 is 0. The lowest BCUT2D eigenvalue weighted by Gasteiger charge is -2.48. The average molecular weight is 417 g/mol. The first-order valence-corrected chi connectivity index (χ1v) is 11.1. The van der Waals surface area contributed by atoms with Gasteiger partial charge < -0.3 is 15.5 Å². The van der Waals surface area contributed by atoms with Crippen molar-refractivity contribution in [2.45, 2.75) is 57.2 Å². The van der Waals surface area contributed by atoms with Gasteiger partial charge in [0.2, 0.25) is 6.54 Å². The maximum atomic E-state index is 7.15. The van der Waals surface area contributed by atoms with E-state index in [4.69, 9.17) is 11.6 Å². The van der Waals surface area contributed by atoms with E-state index in [2.05, 4.69) is 41.6 Å². The van der Waals surface area contributed by atoms with Gasteiger partial charge in [0.15, 0.2) is 5.82 Å². The molecular weight excluding hydrogens is 388 g/mol. The first-order chi connectivity index (χ1) is 15.2. The molecule has 0 spiro atoms. The van der Waals surface area contributed by atoms with Gasteiger partial charge in [0.1, 0.15) is 11.6 Å². The first kappa shape index (κ1) is 19.8. The van der Waals surface area contributed by atoms with Gasteiger partial charge >= 0.3 is 0 Å². The van der Waals surface area contributed by atoms with Gasteiger partial charge in [-0.1, -0.05) is 6.42 Å². The van der Waals surface area contributed by atoms with Crippen LogP contribution in [-0.2, 0) is 0 Å². The summed E-state index contributed by atoms with van der Waals surface area (Å²) < 4.78 is 0. The van der Waals surface area contributed by atoms with E-state index in [-0.39, 0.29) is 0 Å². The van der Waals surface area contributed by atoms with Crippen molar-refractivity contribution in [1.29, 1.82) is 0 Å². The number of rotatable bonds is 6. The molecule has 2 aliphatic heterocycles. The molecule has 31 heavy (non-hydrogen) atoms. The number of aryl methyl sites for hydroxylation is 1. The molecule has 2 bridgehead atoms. The predicted octanol–water partition coefficient (Wildman–Crippen LogP) is 4.12. The molecule has 3 aromatic rings. The SMILES string of the molecule is [C-]#[N+]CCN1[C@@H]2CCC[C@H]1CC(Nc1nc(Nc3cc(C)[nH]n3)cc3ncccc13)C2. The van der Waals surface area contributed by atoms with Crippen molar-refractivity contribution in [2.24, 2.45) is 0 Å². The standard InChI is InChI=1S/C23H28N8/c1-15-11-22(30-29-15)27-21-14-20-19(7-4-8-25-20)23(28-21)26-16-12-17-5-3-6-18(13-16)31(17)10-9-24-2/h4,7-8,11,14,16-18H,3,5-6,9-10,12-13H2,1H3,(H3,26,27,28,29,30)/t16?,17-,18+. The third-order valence-electron chi connectivity index (χ3n) is 6.50. The lowest BCUT2D eigenvalue weighted by Crippen LogP contribution is -2.55. The molecule has 0 radical (unpaired) electrons. The number of hydrogen-bond donors (Lipinski definition) is 3. The number of pyridine rings is 2. The van der Waals surface area contributed by atoms with Crippen molar-refractivity contribution in [3.05, 3.63) is 47.6 Å². The second-order valence-corrected chi connectivity index (χ2v) is 8.66. The van der Waals surface area contributed by atoms with Gasteiger partial charge in [0, 0.05) is 47.5 Å². The van der Waals surface area contributed by atoms with E-state index >= 15 is 0 Å². The fourth-order valence-corrected chi connectivity index (χ4v) is 5.18. The van der Waals surface area contributed by atoms with Crippen LogP contribution in [0, 0.1) is 13.5 Å². The minimum absolute atomic E-state index is 0.373. The van der Waals surface area contributed by atoms with Crippen LogP contribution in [0.15, 0.2) is 30.5 Å². The Balaban J connectivity index is 1.39. The highest BCUT2D eigenvalue weighted by molar-refractivity contribution is 5.91. The molecule has 160 valence electrons. The number of H-pyrrole nitrogens is 1. The molecule has 0 saturated carbocycles. The molecule has 3 aromatic heterocycles. The quantitative estimate of drug-likeness (QED) is 0.524. The molecule has 2 aliphatic rings. The minimum Gasteiger partial charge on any atom is -0.367 e. The molecule has 2 saturated heterocycles. The molecule has 8 nitrogen and oxygen atoms in total. The maximum absolute atomic E-state index is 7.15.